The Labute approximate surface area is 207 Å². The Hall–Kier alpha value is -2.73. The van der Waals surface area contributed by atoms with Crippen molar-refractivity contribution >= 4 is 29.6 Å². The van der Waals surface area contributed by atoms with Crippen molar-refractivity contribution in [3.05, 3.63) is 0 Å². The molecule has 0 spiro atoms. The maximum atomic E-state index is 13.1. The molecule has 0 rings (SSSR count). The summed E-state index contributed by atoms with van der Waals surface area (Å²) in [6.45, 7) is 7.70. The summed E-state index contributed by atoms with van der Waals surface area (Å²) in [7, 11) is 0. The molecular formula is C23H44N6O6. The molecule has 0 aliphatic rings. The van der Waals surface area contributed by atoms with Crippen molar-refractivity contribution in [2.75, 3.05) is 6.54 Å². The van der Waals surface area contributed by atoms with E-state index in [1.807, 2.05) is 13.8 Å². The number of carbonyl (C=O) groups excluding carboxylic acids is 4. The van der Waals surface area contributed by atoms with Gasteiger partial charge in [0.05, 0.1) is 6.04 Å². The Morgan fingerprint density at radius 1 is 0.857 bits per heavy atom. The number of nitrogens with one attached hydrogen (secondary N) is 3. The number of carboxylic acid groups (broad SMARTS) is 1. The summed E-state index contributed by atoms with van der Waals surface area (Å²) in [5.41, 5.74) is 16.6. The number of primary amides is 1. The molecule has 10 N–H and O–H groups in total. The predicted octanol–water partition coefficient (Wildman–Crippen LogP) is -0.661. The zero-order valence-electron chi connectivity index (χ0n) is 21.3. The molecule has 0 aliphatic heterocycles. The van der Waals surface area contributed by atoms with Crippen molar-refractivity contribution in [1.82, 2.24) is 16.0 Å². The molecule has 0 radical (unpaired) electrons. The third kappa shape index (κ3) is 13.1. The largest absolute Gasteiger partial charge is 0.480 e. The van der Waals surface area contributed by atoms with Gasteiger partial charge in [0.1, 0.15) is 18.1 Å². The maximum absolute atomic E-state index is 13.1. The zero-order chi connectivity index (χ0) is 27.1. The van der Waals surface area contributed by atoms with E-state index in [4.69, 9.17) is 17.2 Å². The fourth-order valence-corrected chi connectivity index (χ4v) is 3.39. The van der Waals surface area contributed by atoms with Crippen molar-refractivity contribution in [2.45, 2.75) is 96.8 Å². The number of amides is 4. The molecule has 0 heterocycles. The van der Waals surface area contributed by atoms with Crippen LogP contribution < -0.4 is 33.2 Å². The molecule has 5 atom stereocenters. The minimum Gasteiger partial charge on any atom is -0.480 e. The molecule has 0 saturated carbocycles. The molecule has 0 aromatic carbocycles. The summed E-state index contributed by atoms with van der Waals surface area (Å²) in [5, 5.41) is 17.1. The van der Waals surface area contributed by atoms with Crippen LogP contribution in [0.5, 0.6) is 0 Å². The van der Waals surface area contributed by atoms with E-state index in [1.165, 1.54) is 0 Å². The number of aliphatic carboxylic acids is 1. The smallest absolute Gasteiger partial charge is 0.326 e. The molecule has 0 fully saturated rings. The lowest BCUT2D eigenvalue weighted by Gasteiger charge is -2.27. The molecule has 0 aromatic heterocycles. The van der Waals surface area contributed by atoms with Crippen molar-refractivity contribution in [2.24, 2.45) is 29.0 Å². The van der Waals surface area contributed by atoms with Gasteiger partial charge in [0.2, 0.25) is 23.6 Å². The summed E-state index contributed by atoms with van der Waals surface area (Å²) in [5.74, 6) is -4.10. The second-order valence-electron chi connectivity index (χ2n) is 9.36. The van der Waals surface area contributed by atoms with E-state index in [9.17, 15) is 29.1 Å². The van der Waals surface area contributed by atoms with Crippen molar-refractivity contribution in [1.29, 1.82) is 0 Å². The lowest BCUT2D eigenvalue weighted by atomic mass is 9.98. The molecule has 12 nitrogen and oxygen atoms in total. The summed E-state index contributed by atoms with van der Waals surface area (Å²) >= 11 is 0. The number of hydrogen-bond acceptors (Lipinski definition) is 7. The molecular weight excluding hydrogens is 456 g/mol. The van der Waals surface area contributed by atoms with E-state index in [-0.39, 0.29) is 31.1 Å². The van der Waals surface area contributed by atoms with E-state index in [1.54, 1.807) is 13.8 Å². The first-order chi connectivity index (χ1) is 16.3. The molecule has 4 amide bonds. The van der Waals surface area contributed by atoms with Crippen LogP contribution in [0.15, 0.2) is 0 Å². The number of carboxylic acids is 1. The van der Waals surface area contributed by atoms with Crippen molar-refractivity contribution in [3.63, 3.8) is 0 Å². The van der Waals surface area contributed by atoms with Gasteiger partial charge in [0, 0.05) is 6.42 Å². The first-order valence-electron chi connectivity index (χ1n) is 12.2. The fraction of sp³-hybridized carbons (Fsp3) is 0.783. The SMILES string of the molecule is CCC(C)C(NC(=O)C(CCC(N)=O)NC(=O)C(CC(C)C)NC(=O)C(N)CCCCN)C(=O)O. The summed E-state index contributed by atoms with van der Waals surface area (Å²) in [4.78, 5) is 61.4. The number of carbonyl (C=O) groups is 5. The molecule has 0 bridgehead atoms. The highest BCUT2D eigenvalue weighted by Crippen LogP contribution is 2.11. The Morgan fingerprint density at radius 3 is 1.91 bits per heavy atom. The Morgan fingerprint density at radius 2 is 1.43 bits per heavy atom. The van der Waals surface area contributed by atoms with Gasteiger partial charge in [-0.05, 0) is 44.1 Å². The molecule has 202 valence electrons. The van der Waals surface area contributed by atoms with Gasteiger partial charge in [-0.3, -0.25) is 19.2 Å². The minimum atomic E-state index is -1.22. The van der Waals surface area contributed by atoms with E-state index in [2.05, 4.69) is 16.0 Å². The van der Waals surface area contributed by atoms with Gasteiger partial charge >= 0.3 is 5.97 Å². The number of unbranched alkanes of at least 4 members (excludes halogenated alkanes) is 1. The van der Waals surface area contributed by atoms with Gasteiger partial charge in [0.25, 0.3) is 0 Å². The van der Waals surface area contributed by atoms with Gasteiger partial charge in [0.15, 0.2) is 0 Å². The first-order valence-corrected chi connectivity index (χ1v) is 12.2. The molecule has 0 aromatic rings. The van der Waals surface area contributed by atoms with E-state index < -0.39 is 53.8 Å². The van der Waals surface area contributed by atoms with Crippen LogP contribution in [0.3, 0.4) is 0 Å². The van der Waals surface area contributed by atoms with Gasteiger partial charge < -0.3 is 38.3 Å². The lowest BCUT2D eigenvalue weighted by molar-refractivity contribution is -0.144. The first kappa shape index (κ1) is 32.3. The van der Waals surface area contributed by atoms with Gasteiger partial charge in [-0.2, -0.15) is 0 Å². The van der Waals surface area contributed by atoms with Crippen LogP contribution in [0, 0.1) is 11.8 Å². The van der Waals surface area contributed by atoms with Gasteiger partial charge in [-0.1, -0.05) is 40.5 Å². The van der Waals surface area contributed by atoms with Crippen LogP contribution in [-0.4, -0.2) is 65.4 Å². The third-order valence-electron chi connectivity index (χ3n) is 5.74. The number of nitrogens with two attached hydrogens (primary N) is 3. The topological polar surface area (TPSA) is 220 Å². The van der Waals surface area contributed by atoms with E-state index >= 15 is 0 Å². The standard InChI is InChI=1S/C23H44N6O6/c1-5-14(4)19(23(34)35)29-21(32)16(9-10-18(26)30)27-22(33)17(12-13(2)3)28-20(31)15(25)8-6-7-11-24/h13-17,19H,5-12,24-25H2,1-4H3,(H2,26,30)(H,27,33)(H,28,31)(H,29,32)(H,34,35). The highest BCUT2D eigenvalue weighted by Gasteiger charge is 2.32. The second-order valence-corrected chi connectivity index (χ2v) is 9.36. The predicted molar refractivity (Wildman–Crippen MR) is 132 cm³/mol. The summed E-state index contributed by atoms with van der Waals surface area (Å²) in [6.07, 6.45) is 2.26. The number of rotatable bonds is 18. The van der Waals surface area contributed by atoms with Gasteiger partial charge in [-0.25, -0.2) is 4.79 Å². The zero-order valence-corrected chi connectivity index (χ0v) is 21.3. The maximum Gasteiger partial charge on any atom is 0.326 e. The second kappa shape index (κ2) is 16.8. The highest BCUT2D eigenvalue weighted by atomic mass is 16.4. The van der Waals surface area contributed by atoms with Crippen LogP contribution >= 0.6 is 0 Å². The quantitative estimate of drug-likeness (QED) is 0.119. The highest BCUT2D eigenvalue weighted by molar-refractivity contribution is 5.94. The van der Waals surface area contributed by atoms with Crippen molar-refractivity contribution < 1.29 is 29.1 Å². The molecule has 12 heteroatoms. The van der Waals surface area contributed by atoms with Crippen LogP contribution in [0.2, 0.25) is 0 Å². The number of hydrogen-bond donors (Lipinski definition) is 7. The molecule has 0 aliphatic carbocycles. The fourth-order valence-electron chi connectivity index (χ4n) is 3.39. The van der Waals surface area contributed by atoms with Crippen LogP contribution in [0.4, 0.5) is 0 Å². The van der Waals surface area contributed by atoms with Crippen LogP contribution in [0.25, 0.3) is 0 Å². The Kier molecular flexibility index (Phi) is 15.5. The van der Waals surface area contributed by atoms with Crippen molar-refractivity contribution in [3.8, 4) is 0 Å². The normalized spacial score (nSPS) is 15.4. The summed E-state index contributed by atoms with van der Waals surface area (Å²) in [6, 6.07) is -4.18. The average Bonchev–Trinajstić information content (AvgIpc) is 2.78. The minimum absolute atomic E-state index is 0.0270. The third-order valence-corrected chi connectivity index (χ3v) is 5.74. The monoisotopic (exact) mass is 500 g/mol. The van der Waals surface area contributed by atoms with Gasteiger partial charge in [-0.15, -0.1) is 0 Å². The van der Waals surface area contributed by atoms with E-state index in [0.717, 1.165) is 6.42 Å². The average molecular weight is 501 g/mol. The molecule has 0 saturated heterocycles. The molecule has 35 heavy (non-hydrogen) atoms. The Balaban J connectivity index is 5.54. The molecule has 5 unspecified atom stereocenters. The van der Waals surface area contributed by atoms with Crippen LogP contribution in [-0.2, 0) is 24.0 Å². The Bertz CT molecular complexity index is 717. The summed E-state index contributed by atoms with van der Waals surface area (Å²) < 4.78 is 0. The van der Waals surface area contributed by atoms with E-state index in [0.29, 0.717) is 25.8 Å². The lowest BCUT2D eigenvalue weighted by Crippen LogP contribution is -2.58. The van der Waals surface area contributed by atoms with Crippen LogP contribution in [0.1, 0.15) is 72.6 Å².